The van der Waals surface area contributed by atoms with Crippen LogP contribution in [0, 0.1) is 0 Å². The van der Waals surface area contributed by atoms with Crippen LogP contribution in [0.2, 0.25) is 5.02 Å². The highest BCUT2D eigenvalue weighted by molar-refractivity contribution is 6.31. The first-order valence-corrected chi connectivity index (χ1v) is 8.87. The minimum atomic E-state index is -0.410. The summed E-state index contributed by atoms with van der Waals surface area (Å²) < 4.78 is 2.65. The van der Waals surface area contributed by atoms with E-state index in [1.807, 2.05) is 18.2 Å². The normalized spacial score (nSPS) is 10.9. The van der Waals surface area contributed by atoms with Gasteiger partial charge in [-0.2, -0.15) is 5.10 Å². The summed E-state index contributed by atoms with van der Waals surface area (Å²) in [6, 6.07) is 15.9. The second kappa shape index (κ2) is 7.61. The van der Waals surface area contributed by atoms with Crippen LogP contribution < -0.4 is 10.9 Å². The Morgan fingerprint density at radius 2 is 1.82 bits per heavy atom. The number of halogens is 1. The third-order valence-electron chi connectivity index (χ3n) is 4.18. The van der Waals surface area contributed by atoms with Gasteiger partial charge in [-0.15, -0.1) is 5.10 Å². The van der Waals surface area contributed by atoms with Gasteiger partial charge in [0.2, 0.25) is 5.91 Å². The third-order valence-corrected chi connectivity index (χ3v) is 4.55. The number of carbonyl (C=O) groups excluding carboxylic acids is 1. The molecule has 9 heteroatoms. The number of hydrogen-bond donors (Lipinski definition) is 1. The van der Waals surface area contributed by atoms with Gasteiger partial charge in [0.05, 0.1) is 18.1 Å². The van der Waals surface area contributed by atoms with E-state index in [9.17, 15) is 9.59 Å². The zero-order chi connectivity index (χ0) is 19.5. The maximum Gasteiger partial charge on any atom is 0.278 e. The standard InChI is InChI=1S/C19H15ClN6O2/c20-15-7-3-1-5-13(15)11-25-17(9-10-21-25)22-18(27)12-26-19(28)14-6-2-4-8-16(14)23-24-26/h1-10H,11-12H2,(H,22,27). The van der Waals surface area contributed by atoms with Crippen molar-refractivity contribution in [2.75, 3.05) is 5.32 Å². The number of nitrogens with one attached hydrogen (secondary N) is 1. The Morgan fingerprint density at radius 1 is 1.04 bits per heavy atom. The molecule has 4 rings (SSSR count). The molecule has 0 atom stereocenters. The van der Waals surface area contributed by atoms with Crippen molar-refractivity contribution in [3.05, 3.63) is 81.7 Å². The van der Waals surface area contributed by atoms with Gasteiger partial charge in [-0.05, 0) is 23.8 Å². The molecule has 1 N–H and O–H groups in total. The molecule has 4 aromatic rings. The van der Waals surface area contributed by atoms with Gasteiger partial charge in [-0.1, -0.05) is 47.1 Å². The summed E-state index contributed by atoms with van der Waals surface area (Å²) in [5.74, 6) is 0.0827. The van der Waals surface area contributed by atoms with Crippen molar-refractivity contribution in [2.24, 2.45) is 0 Å². The maximum absolute atomic E-state index is 12.5. The van der Waals surface area contributed by atoms with Crippen LogP contribution >= 0.6 is 11.6 Å². The Bertz CT molecular complexity index is 1220. The van der Waals surface area contributed by atoms with Crippen LogP contribution in [-0.2, 0) is 17.9 Å². The molecule has 0 saturated heterocycles. The lowest BCUT2D eigenvalue weighted by molar-refractivity contribution is -0.117. The van der Waals surface area contributed by atoms with Gasteiger partial charge < -0.3 is 5.32 Å². The summed E-state index contributed by atoms with van der Waals surface area (Å²) in [5.41, 5.74) is 0.993. The molecule has 1 amide bonds. The molecule has 140 valence electrons. The molecule has 2 aromatic carbocycles. The number of carbonyl (C=O) groups is 1. The van der Waals surface area contributed by atoms with E-state index in [-0.39, 0.29) is 12.1 Å². The molecule has 0 radical (unpaired) electrons. The van der Waals surface area contributed by atoms with Crippen LogP contribution in [0.3, 0.4) is 0 Å². The lowest BCUT2D eigenvalue weighted by Gasteiger charge is -2.10. The van der Waals surface area contributed by atoms with Gasteiger partial charge >= 0.3 is 0 Å². The van der Waals surface area contributed by atoms with E-state index in [0.717, 1.165) is 10.2 Å². The van der Waals surface area contributed by atoms with Crippen LogP contribution in [0.1, 0.15) is 5.56 Å². The van der Waals surface area contributed by atoms with Crippen LogP contribution in [0.4, 0.5) is 5.82 Å². The van der Waals surface area contributed by atoms with Gasteiger partial charge in [0.15, 0.2) is 0 Å². The summed E-state index contributed by atoms with van der Waals surface area (Å²) in [7, 11) is 0. The number of nitrogens with zero attached hydrogens (tertiary/aromatic N) is 5. The van der Waals surface area contributed by atoms with Crippen molar-refractivity contribution >= 4 is 34.2 Å². The molecule has 2 heterocycles. The average molecular weight is 395 g/mol. The second-order valence-corrected chi connectivity index (χ2v) is 6.49. The van der Waals surface area contributed by atoms with Crippen LogP contribution in [0.15, 0.2) is 65.6 Å². The van der Waals surface area contributed by atoms with E-state index < -0.39 is 5.91 Å². The Morgan fingerprint density at radius 3 is 2.68 bits per heavy atom. The molecule has 0 aliphatic heterocycles. The molecular weight excluding hydrogens is 380 g/mol. The monoisotopic (exact) mass is 394 g/mol. The first-order chi connectivity index (χ1) is 13.6. The van der Waals surface area contributed by atoms with E-state index in [0.29, 0.717) is 28.3 Å². The summed E-state index contributed by atoms with van der Waals surface area (Å²) >= 11 is 6.19. The lowest BCUT2D eigenvalue weighted by atomic mass is 10.2. The topological polar surface area (TPSA) is 94.7 Å². The first kappa shape index (κ1) is 17.9. The van der Waals surface area contributed by atoms with Crippen molar-refractivity contribution in [1.82, 2.24) is 24.8 Å². The van der Waals surface area contributed by atoms with Crippen LogP contribution in [0.5, 0.6) is 0 Å². The number of hydrogen-bond acceptors (Lipinski definition) is 5. The summed E-state index contributed by atoms with van der Waals surface area (Å²) in [6.45, 7) is 0.145. The summed E-state index contributed by atoms with van der Waals surface area (Å²) in [4.78, 5) is 24.9. The smallest absolute Gasteiger partial charge is 0.278 e. The van der Waals surface area contributed by atoms with Gasteiger partial charge in [0.25, 0.3) is 5.56 Å². The lowest BCUT2D eigenvalue weighted by Crippen LogP contribution is -2.31. The summed E-state index contributed by atoms with van der Waals surface area (Å²) in [5, 5.41) is 15.8. The highest BCUT2D eigenvalue weighted by Gasteiger charge is 2.12. The summed E-state index contributed by atoms with van der Waals surface area (Å²) in [6.07, 6.45) is 1.58. The minimum Gasteiger partial charge on any atom is -0.309 e. The molecule has 0 saturated carbocycles. The predicted molar refractivity (Wildman–Crippen MR) is 105 cm³/mol. The van der Waals surface area contributed by atoms with Crippen molar-refractivity contribution in [3.63, 3.8) is 0 Å². The number of anilines is 1. The third kappa shape index (κ3) is 3.63. The molecule has 0 fully saturated rings. The minimum absolute atomic E-state index is 0.256. The number of benzene rings is 2. The van der Waals surface area contributed by atoms with Crippen molar-refractivity contribution in [1.29, 1.82) is 0 Å². The SMILES string of the molecule is O=C(Cn1nnc2ccccc2c1=O)Nc1ccnn1Cc1ccccc1Cl. The average Bonchev–Trinajstić information content (AvgIpc) is 3.12. The number of aromatic nitrogens is 5. The van der Waals surface area contributed by atoms with E-state index in [4.69, 9.17) is 11.6 Å². The van der Waals surface area contributed by atoms with Gasteiger partial charge in [0, 0.05) is 11.1 Å². The van der Waals surface area contributed by atoms with Crippen molar-refractivity contribution in [3.8, 4) is 0 Å². The maximum atomic E-state index is 12.5. The fraction of sp³-hybridized carbons (Fsp3) is 0.105. The van der Waals surface area contributed by atoms with Crippen molar-refractivity contribution < 1.29 is 4.79 Å². The highest BCUT2D eigenvalue weighted by atomic mass is 35.5. The van der Waals surface area contributed by atoms with Crippen molar-refractivity contribution in [2.45, 2.75) is 13.1 Å². The highest BCUT2D eigenvalue weighted by Crippen LogP contribution is 2.18. The van der Waals surface area contributed by atoms with Gasteiger partial charge in [-0.25, -0.2) is 9.36 Å². The quantitative estimate of drug-likeness (QED) is 0.560. The zero-order valence-corrected chi connectivity index (χ0v) is 15.4. The molecule has 0 aliphatic carbocycles. The molecule has 0 aliphatic rings. The van der Waals surface area contributed by atoms with E-state index >= 15 is 0 Å². The first-order valence-electron chi connectivity index (χ1n) is 8.49. The molecule has 0 bridgehead atoms. The van der Waals surface area contributed by atoms with Gasteiger partial charge in [-0.3, -0.25) is 9.59 Å². The van der Waals surface area contributed by atoms with Gasteiger partial charge in [0.1, 0.15) is 17.9 Å². The number of rotatable bonds is 5. The van der Waals surface area contributed by atoms with E-state index in [1.54, 1.807) is 47.3 Å². The predicted octanol–water partition coefficient (Wildman–Crippen LogP) is 2.33. The molecule has 0 spiro atoms. The number of amides is 1. The largest absolute Gasteiger partial charge is 0.309 e. The fourth-order valence-electron chi connectivity index (χ4n) is 2.80. The van der Waals surface area contributed by atoms with Crippen LogP contribution in [-0.4, -0.2) is 30.7 Å². The number of fused-ring (bicyclic) bond motifs is 1. The molecular formula is C19H15ClN6O2. The van der Waals surface area contributed by atoms with E-state index in [1.165, 1.54) is 0 Å². The van der Waals surface area contributed by atoms with Crippen LogP contribution in [0.25, 0.3) is 10.9 Å². The molecule has 0 unspecified atom stereocenters. The molecule has 2 aromatic heterocycles. The zero-order valence-electron chi connectivity index (χ0n) is 14.6. The fourth-order valence-corrected chi connectivity index (χ4v) is 2.99. The van der Waals surface area contributed by atoms with E-state index in [2.05, 4.69) is 20.7 Å². The Labute approximate surface area is 164 Å². The molecule has 28 heavy (non-hydrogen) atoms. The molecule has 8 nitrogen and oxygen atoms in total. The second-order valence-electron chi connectivity index (χ2n) is 6.08. The Hall–Kier alpha value is -3.52. The Kier molecular flexibility index (Phi) is 4.86. The Balaban J connectivity index is 1.51.